The predicted molar refractivity (Wildman–Crippen MR) is 89.2 cm³/mol. The highest BCUT2D eigenvalue weighted by molar-refractivity contribution is 5.93. The van der Waals surface area contributed by atoms with Crippen molar-refractivity contribution in [3.05, 3.63) is 30.3 Å². The number of carbonyl (C=O) groups is 2. The predicted octanol–water partition coefficient (Wildman–Crippen LogP) is 1.55. The molecule has 1 aromatic rings. The Morgan fingerprint density at radius 2 is 1.91 bits per heavy atom. The first-order chi connectivity index (χ1) is 11.1. The lowest BCUT2D eigenvalue weighted by Crippen LogP contribution is -2.52. The Morgan fingerprint density at radius 1 is 1.17 bits per heavy atom. The van der Waals surface area contributed by atoms with E-state index in [1.165, 1.54) is 0 Å². The molecule has 3 atom stereocenters. The van der Waals surface area contributed by atoms with E-state index in [2.05, 4.69) is 16.0 Å². The Labute approximate surface area is 136 Å². The highest BCUT2D eigenvalue weighted by atomic mass is 16.2. The summed E-state index contributed by atoms with van der Waals surface area (Å²) in [5.74, 6) is 0.0180. The number of hydrogen-bond acceptors (Lipinski definition) is 3. The fourth-order valence-corrected chi connectivity index (χ4v) is 3.51. The molecule has 2 saturated heterocycles. The fourth-order valence-electron chi connectivity index (χ4n) is 3.51. The molecular weight excluding hydrogens is 292 g/mol. The molecule has 0 saturated carbocycles. The lowest BCUT2D eigenvalue weighted by Gasteiger charge is -2.30. The van der Waals surface area contributed by atoms with Crippen LogP contribution in [0.5, 0.6) is 0 Å². The molecule has 1 aromatic carbocycles. The SMILES string of the molecule is CC(NC(=O)Nc1ccccc1)C(=O)N1C2CCNCC1CC2. The minimum atomic E-state index is -0.528. The number of hydrogen-bond donors (Lipinski definition) is 3. The lowest BCUT2D eigenvalue weighted by atomic mass is 10.1. The molecule has 3 N–H and O–H groups in total. The molecule has 6 heteroatoms. The van der Waals surface area contributed by atoms with Gasteiger partial charge >= 0.3 is 6.03 Å². The summed E-state index contributed by atoms with van der Waals surface area (Å²) in [5.41, 5.74) is 0.712. The van der Waals surface area contributed by atoms with E-state index in [0.29, 0.717) is 11.7 Å². The van der Waals surface area contributed by atoms with Gasteiger partial charge in [-0.3, -0.25) is 4.79 Å². The van der Waals surface area contributed by atoms with Crippen LogP contribution in [0.25, 0.3) is 0 Å². The smallest absolute Gasteiger partial charge is 0.319 e. The second-order valence-corrected chi connectivity index (χ2v) is 6.31. The highest BCUT2D eigenvalue weighted by Gasteiger charge is 2.39. The van der Waals surface area contributed by atoms with Gasteiger partial charge in [0.05, 0.1) is 0 Å². The maximum atomic E-state index is 12.8. The van der Waals surface area contributed by atoms with Crippen molar-refractivity contribution < 1.29 is 9.59 Å². The van der Waals surface area contributed by atoms with Gasteiger partial charge in [0.2, 0.25) is 5.91 Å². The van der Waals surface area contributed by atoms with Gasteiger partial charge in [-0.15, -0.1) is 0 Å². The molecule has 23 heavy (non-hydrogen) atoms. The van der Waals surface area contributed by atoms with Crippen molar-refractivity contribution in [1.29, 1.82) is 0 Å². The standard InChI is InChI=1S/C17H24N4O2/c1-12(19-17(23)20-13-5-3-2-4-6-13)16(22)21-14-7-8-15(21)11-18-10-9-14/h2-6,12,14-15,18H,7-11H2,1H3,(H2,19,20,23). The first-order valence-corrected chi connectivity index (χ1v) is 8.30. The third-order valence-corrected chi connectivity index (χ3v) is 4.66. The Bertz CT molecular complexity index is 549. The number of urea groups is 1. The molecule has 2 aliphatic rings. The van der Waals surface area contributed by atoms with Crippen LogP contribution >= 0.6 is 0 Å². The molecule has 2 fully saturated rings. The number of nitrogens with one attached hydrogen (secondary N) is 3. The van der Waals surface area contributed by atoms with Crippen molar-refractivity contribution in [1.82, 2.24) is 15.5 Å². The number of amides is 3. The number of carbonyl (C=O) groups excluding carboxylic acids is 2. The second kappa shape index (κ2) is 7.00. The Balaban J connectivity index is 1.58. The molecule has 0 aromatic heterocycles. The maximum Gasteiger partial charge on any atom is 0.319 e. The average molecular weight is 316 g/mol. The minimum absolute atomic E-state index is 0.0180. The van der Waals surface area contributed by atoms with Crippen LogP contribution in [0.15, 0.2) is 30.3 Å². The molecular formula is C17H24N4O2. The van der Waals surface area contributed by atoms with Crippen molar-refractivity contribution in [3.8, 4) is 0 Å². The van der Waals surface area contributed by atoms with Crippen molar-refractivity contribution in [2.24, 2.45) is 0 Å². The lowest BCUT2D eigenvalue weighted by molar-refractivity contribution is -0.135. The number of rotatable bonds is 3. The van der Waals surface area contributed by atoms with Gasteiger partial charge in [0.15, 0.2) is 0 Å². The highest BCUT2D eigenvalue weighted by Crippen LogP contribution is 2.28. The maximum absolute atomic E-state index is 12.8. The number of para-hydroxylation sites is 1. The normalized spacial score (nSPS) is 24.7. The van der Waals surface area contributed by atoms with Crippen LogP contribution in [0.2, 0.25) is 0 Å². The van der Waals surface area contributed by atoms with Gasteiger partial charge in [0.1, 0.15) is 6.04 Å². The first kappa shape index (κ1) is 15.8. The molecule has 2 heterocycles. The molecule has 0 spiro atoms. The molecule has 0 aliphatic carbocycles. The first-order valence-electron chi connectivity index (χ1n) is 8.30. The topological polar surface area (TPSA) is 73.5 Å². The quantitative estimate of drug-likeness (QED) is 0.792. The van der Waals surface area contributed by atoms with E-state index in [4.69, 9.17) is 0 Å². The van der Waals surface area contributed by atoms with Gasteiger partial charge in [-0.2, -0.15) is 0 Å². The van der Waals surface area contributed by atoms with E-state index >= 15 is 0 Å². The van der Waals surface area contributed by atoms with E-state index in [1.807, 2.05) is 35.2 Å². The van der Waals surface area contributed by atoms with Gasteiger partial charge in [-0.05, 0) is 44.9 Å². The summed E-state index contributed by atoms with van der Waals surface area (Å²) in [7, 11) is 0. The van der Waals surface area contributed by atoms with E-state index in [0.717, 1.165) is 32.4 Å². The summed E-state index contributed by atoms with van der Waals surface area (Å²) in [6.07, 6.45) is 3.11. The average Bonchev–Trinajstić information content (AvgIpc) is 2.80. The molecule has 2 aliphatic heterocycles. The van der Waals surface area contributed by atoms with Crippen molar-refractivity contribution in [3.63, 3.8) is 0 Å². The van der Waals surface area contributed by atoms with Gasteiger partial charge < -0.3 is 20.9 Å². The molecule has 6 nitrogen and oxygen atoms in total. The summed E-state index contributed by atoms with van der Waals surface area (Å²) in [6.45, 7) is 3.57. The van der Waals surface area contributed by atoms with Gasteiger partial charge in [0.25, 0.3) is 0 Å². The zero-order valence-corrected chi connectivity index (χ0v) is 13.4. The van der Waals surface area contributed by atoms with Crippen molar-refractivity contribution in [2.45, 2.75) is 44.3 Å². The van der Waals surface area contributed by atoms with Crippen LogP contribution in [0, 0.1) is 0 Å². The van der Waals surface area contributed by atoms with E-state index < -0.39 is 6.04 Å². The Morgan fingerprint density at radius 3 is 2.70 bits per heavy atom. The molecule has 3 amide bonds. The van der Waals surface area contributed by atoms with Gasteiger partial charge in [-0.1, -0.05) is 18.2 Å². The minimum Gasteiger partial charge on any atom is -0.334 e. The molecule has 3 rings (SSSR count). The summed E-state index contributed by atoms with van der Waals surface area (Å²) in [4.78, 5) is 26.8. The van der Waals surface area contributed by atoms with Crippen LogP contribution in [-0.2, 0) is 4.79 Å². The summed E-state index contributed by atoms with van der Waals surface area (Å²) >= 11 is 0. The van der Waals surface area contributed by atoms with Crippen LogP contribution in [0.1, 0.15) is 26.2 Å². The van der Waals surface area contributed by atoms with Gasteiger partial charge in [-0.25, -0.2) is 4.79 Å². The van der Waals surface area contributed by atoms with Gasteiger partial charge in [0, 0.05) is 24.3 Å². The number of fused-ring (bicyclic) bond motifs is 2. The molecule has 124 valence electrons. The Kier molecular flexibility index (Phi) is 4.81. The zero-order valence-electron chi connectivity index (χ0n) is 13.4. The summed E-state index contributed by atoms with van der Waals surface area (Å²) in [6, 6.07) is 8.91. The van der Waals surface area contributed by atoms with E-state index in [-0.39, 0.29) is 18.0 Å². The van der Waals surface area contributed by atoms with Crippen LogP contribution < -0.4 is 16.0 Å². The third kappa shape index (κ3) is 3.64. The van der Waals surface area contributed by atoms with Crippen LogP contribution in [-0.4, -0.2) is 48.1 Å². The second-order valence-electron chi connectivity index (χ2n) is 6.31. The third-order valence-electron chi connectivity index (χ3n) is 4.66. The summed E-state index contributed by atoms with van der Waals surface area (Å²) < 4.78 is 0. The zero-order chi connectivity index (χ0) is 16.2. The van der Waals surface area contributed by atoms with E-state index in [1.54, 1.807) is 6.92 Å². The Hall–Kier alpha value is -2.08. The van der Waals surface area contributed by atoms with Crippen molar-refractivity contribution >= 4 is 17.6 Å². The number of nitrogens with zero attached hydrogens (tertiary/aromatic N) is 1. The van der Waals surface area contributed by atoms with Crippen LogP contribution in [0.3, 0.4) is 0 Å². The molecule has 2 bridgehead atoms. The van der Waals surface area contributed by atoms with Crippen molar-refractivity contribution in [2.75, 3.05) is 18.4 Å². The van der Waals surface area contributed by atoms with E-state index in [9.17, 15) is 9.59 Å². The largest absolute Gasteiger partial charge is 0.334 e. The summed E-state index contributed by atoms with van der Waals surface area (Å²) in [5, 5.41) is 8.88. The molecule has 3 unspecified atom stereocenters. The monoisotopic (exact) mass is 316 g/mol. The fraction of sp³-hybridized carbons (Fsp3) is 0.529. The van der Waals surface area contributed by atoms with Crippen LogP contribution in [0.4, 0.5) is 10.5 Å². The number of benzene rings is 1. The number of anilines is 1. The molecule has 0 radical (unpaired) electrons.